The van der Waals surface area contributed by atoms with Crippen molar-refractivity contribution in [2.75, 3.05) is 50.2 Å². The lowest BCUT2D eigenvalue weighted by Crippen LogP contribution is -2.36. The number of methoxy groups -OCH3 is 1. The van der Waals surface area contributed by atoms with Gasteiger partial charge in [0.1, 0.15) is 15.7 Å². The zero-order valence-corrected chi connectivity index (χ0v) is 22.7. The quantitative estimate of drug-likeness (QED) is 0.465. The maximum Gasteiger partial charge on any atom is 0.320 e. The molecule has 2 bridgehead atoms. The number of benzene rings is 1. The van der Waals surface area contributed by atoms with Gasteiger partial charge in [-0.05, 0) is 87.2 Å². The van der Waals surface area contributed by atoms with Crippen LogP contribution in [0.4, 0.5) is 5.82 Å². The molecule has 0 radical (unpaired) electrons. The molecular formula is C27H36N6O3S. The molecule has 9 nitrogen and oxygen atoms in total. The highest BCUT2D eigenvalue weighted by molar-refractivity contribution is 7.90. The summed E-state index contributed by atoms with van der Waals surface area (Å²) in [4.78, 5) is 14.1. The fraction of sp³-hybridized carbons (Fsp3) is 0.593. The topological polar surface area (TPSA) is 93.5 Å². The first-order valence-electron chi connectivity index (χ1n) is 13.4. The first-order chi connectivity index (χ1) is 17.8. The van der Waals surface area contributed by atoms with Gasteiger partial charge in [0.15, 0.2) is 5.82 Å². The predicted octanol–water partition coefficient (Wildman–Crippen LogP) is 3.35. The van der Waals surface area contributed by atoms with Gasteiger partial charge in [0.25, 0.3) is 0 Å². The van der Waals surface area contributed by atoms with E-state index in [0.717, 1.165) is 60.9 Å². The number of anilines is 1. The summed E-state index contributed by atoms with van der Waals surface area (Å²) < 4.78 is 30.6. The highest BCUT2D eigenvalue weighted by Gasteiger charge is 2.38. The van der Waals surface area contributed by atoms with Crippen molar-refractivity contribution in [2.45, 2.75) is 51.0 Å². The highest BCUT2D eigenvalue weighted by Crippen LogP contribution is 2.40. The lowest BCUT2D eigenvalue weighted by molar-refractivity contribution is 0.223. The van der Waals surface area contributed by atoms with E-state index >= 15 is 0 Å². The van der Waals surface area contributed by atoms with Gasteiger partial charge in [0.2, 0.25) is 0 Å². The number of hydrogen-bond acceptors (Lipinski definition) is 8. The molecule has 198 valence electrons. The summed E-state index contributed by atoms with van der Waals surface area (Å²) >= 11 is 0. The number of nitrogens with zero attached hydrogens (tertiary/aromatic N) is 6. The van der Waals surface area contributed by atoms with E-state index < -0.39 is 9.84 Å². The molecule has 4 heterocycles. The van der Waals surface area contributed by atoms with E-state index in [4.69, 9.17) is 14.8 Å². The molecule has 2 aliphatic heterocycles. The van der Waals surface area contributed by atoms with E-state index in [1.54, 1.807) is 7.11 Å². The molecule has 1 saturated carbocycles. The van der Waals surface area contributed by atoms with Crippen molar-refractivity contribution < 1.29 is 13.2 Å². The minimum absolute atomic E-state index is 0.227. The third-order valence-electron chi connectivity index (χ3n) is 8.54. The number of rotatable bonds is 7. The van der Waals surface area contributed by atoms with Crippen LogP contribution in [-0.4, -0.2) is 84.4 Å². The van der Waals surface area contributed by atoms with E-state index in [-0.39, 0.29) is 5.75 Å². The minimum Gasteiger partial charge on any atom is -0.467 e. The Balaban J connectivity index is 1.28. The summed E-state index contributed by atoms with van der Waals surface area (Å²) in [5.41, 5.74) is 3.65. The number of likely N-dealkylation sites (tertiary alicyclic amines) is 1. The fourth-order valence-corrected chi connectivity index (χ4v) is 7.13. The van der Waals surface area contributed by atoms with Crippen molar-refractivity contribution in [1.29, 1.82) is 0 Å². The second kappa shape index (κ2) is 9.54. The molecule has 2 atom stereocenters. The van der Waals surface area contributed by atoms with Crippen LogP contribution >= 0.6 is 0 Å². The Morgan fingerprint density at radius 3 is 2.51 bits per heavy atom. The third-order valence-corrected chi connectivity index (χ3v) is 9.47. The molecule has 3 aliphatic rings. The van der Waals surface area contributed by atoms with Crippen molar-refractivity contribution in [1.82, 2.24) is 24.6 Å². The predicted molar refractivity (Wildman–Crippen MR) is 145 cm³/mol. The van der Waals surface area contributed by atoms with Gasteiger partial charge in [0, 0.05) is 36.8 Å². The lowest BCUT2D eigenvalue weighted by atomic mass is 9.86. The van der Waals surface area contributed by atoms with Gasteiger partial charge < -0.3 is 14.5 Å². The van der Waals surface area contributed by atoms with Crippen molar-refractivity contribution in [3.63, 3.8) is 0 Å². The standard InChI is InChI=1S/C27H36N6O3S/c1-18-12-21-16-28-33(24(21)14-23(18)20-6-8-31(9-7-20)10-11-37(3,34)35)26-15-25(29-27(30-26)36-2)32-17-19-4-5-22(32)13-19/h12,14-16,19-20,22H,4-11,13,17H2,1-3H3. The molecule has 10 heteroatoms. The molecule has 2 saturated heterocycles. The largest absolute Gasteiger partial charge is 0.467 e. The molecule has 37 heavy (non-hydrogen) atoms. The van der Waals surface area contributed by atoms with Crippen LogP contribution in [0.5, 0.6) is 6.01 Å². The number of fused-ring (bicyclic) bond motifs is 3. The van der Waals surface area contributed by atoms with Gasteiger partial charge in [-0.15, -0.1) is 0 Å². The Morgan fingerprint density at radius 1 is 1.05 bits per heavy atom. The summed E-state index contributed by atoms with van der Waals surface area (Å²) in [6.07, 6.45) is 9.06. The van der Waals surface area contributed by atoms with Crippen LogP contribution in [0.25, 0.3) is 16.7 Å². The van der Waals surface area contributed by atoms with E-state index in [0.29, 0.717) is 24.5 Å². The maximum absolute atomic E-state index is 11.6. The fourth-order valence-electron chi connectivity index (χ4n) is 6.54. The zero-order chi connectivity index (χ0) is 25.7. The molecule has 0 spiro atoms. The normalized spacial score (nSPS) is 22.8. The van der Waals surface area contributed by atoms with Gasteiger partial charge in [-0.25, -0.2) is 13.1 Å². The molecule has 3 aromatic rings. The van der Waals surface area contributed by atoms with E-state index in [1.165, 1.54) is 36.6 Å². The number of sulfone groups is 1. The number of ether oxygens (including phenoxy) is 1. The van der Waals surface area contributed by atoms with Gasteiger partial charge in [0.05, 0.1) is 24.6 Å². The Labute approximate surface area is 218 Å². The molecule has 0 amide bonds. The second-order valence-electron chi connectivity index (χ2n) is 11.1. The summed E-state index contributed by atoms with van der Waals surface area (Å²) in [7, 11) is -1.32. The molecule has 6 rings (SSSR count). The summed E-state index contributed by atoms with van der Waals surface area (Å²) in [6, 6.07) is 7.48. The Bertz CT molecular complexity index is 1410. The zero-order valence-electron chi connectivity index (χ0n) is 21.9. The molecular weight excluding hydrogens is 488 g/mol. The highest BCUT2D eigenvalue weighted by atomic mass is 32.2. The first kappa shape index (κ1) is 24.6. The van der Waals surface area contributed by atoms with Crippen molar-refractivity contribution in [3.05, 3.63) is 35.5 Å². The third kappa shape index (κ3) is 4.93. The van der Waals surface area contributed by atoms with Gasteiger partial charge in [-0.3, -0.25) is 0 Å². The molecule has 0 N–H and O–H groups in total. The van der Waals surface area contributed by atoms with Gasteiger partial charge >= 0.3 is 6.01 Å². The first-order valence-corrected chi connectivity index (χ1v) is 15.4. The van der Waals surface area contributed by atoms with E-state index in [9.17, 15) is 8.42 Å². The number of aromatic nitrogens is 4. The van der Waals surface area contributed by atoms with Crippen LogP contribution in [0.1, 0.15) is 49.1 Å². The van der Waals surface area contributed by atoms with Crippen LogP contribution in [0.2, 0.25) is 0 Å². The van der Waals surface area contributed by atoms with Gasteiger partial charge in [-0.1, -0.05) is 0 Å². The molecule has 2 unspecified atom stereocenters. The minimum atomic E-state index is -2.94. The molecule has 1 aromatic carbocycles. The molecule has 1 aliphatic carbocycles. The van der Waals surface area contributed by atoms with E-state index in [1.807, 2.05) is 10.9 Å². The Hall–Kier alpha value is -2.72. The summed E-state index contributed by atoms with van der Waals surface area (Å²) in [5, 5.41) is 5.82. The van der Waals surface area contributed by atoms with Crippen molar-refractivity contribution in [2.24, 2.45) is 5.92 Å². The second-order valence-corrected chi connectivity index (χ2v) is 13.4. The Morgan fingerprint density at radius 2 is 1.84 bits per heavy atom. The van der Waals surface area contributed by atoms with Crippen LogP contribution in [0, 0.1) is 12.8 Å². The van der Waals surface area contributed by atoms with Crippen LogP contribution in [0.15, 0.2) is 24.4 Å². The average Bonchev–Trinajstić information content (AvgIpc) is 3.62. The smallest absolute Gasteiger partial charge is 0.320 e. The molecule has 2 aromatic heterocycles. The Kier molecular flexibility index (Phi) is 6.35. The number of aryl methyl sites for hydroxylation is 1. The number of hydrogen-bond donors (Lipinski definition) is 0. The van der Waals surface area contributed by atoms with Crippen molar-refractivity contribution in [3.8, 4) is 11.8 Å². The van der Waals surface area contributed by atoms with Crippen molar-refractivity contribution >= 4 is 26.6 Å². The monoisotopic (exact) mass is 524 g/mol. The van der Waals surface area contributed by atoms with Gasteiger partial charge in [-0.2, -0.15) is 15.1 Å². The summed E-state index contributed by atoms with van der Waals surface area (Å²) in [5.74, 6) is 3.09. The van der Waals surface area contributed by atoms with Crippen LogP contribution in [-0.2, 0) is 9.84 Å². The summed E-state index contributed by atoms with van der Waals surface area (Å²) in [6.45, 7) is 5.68. The van der Waals surface area contributed by atoms with Crippen LogP contribution < -0.4 is 9.64 Å². The maximum atomic E-state index is 11.6. The lowest BCUT2D eigenvalue weighted by Gasteiger charge is -2.32. The number of piperidine rings is 2. The molecule has 3 fully saturated rings. The SMILES string of the molecule is COc1nc(N2CC3CCC2C3)cc(-n2ncc3cc(C)c(C4CCN(CCS(C)(=O)=O)CC4)cc32)n1. The van der Waals surface area contributed by atoms with E-state index in [2.05, 4.69) is 39.9 Å². The average molecular weight is 525 g/mol. The van der Waals surface area contributed by atoms with Crippen LogP contribution in [0.3, 0.4) is 0 Å².